The van der Waals surface area contributed by atoms with E-state index < -0.39 is 5.37 Å². The van der Waals surface area contributed by atoms with Crippen LogP contribution in [0, 0.1) is 0 Å². The summed E-state index contributed by atoms with van der Waals surface area (Å²) in [5.74, 6) is 0. The van der Waals surface area contributed by atoms with Crippen molar-refractivity contribution in [1.29, 1.82) is 0 Å². The van der Waals surface area contributed by atoms with Crippen molar-refractivity contribution >= 4 is 30.5 Å². The van der Waals surface area contributed by atoms with Crippen molar-refractivity contribution in [2.75, 3.05) is 0 Å². The van der Waals surface area contributed by atoms with Crippen LogP contribution in [0.15, 0.2) is 0 Å². The van der Waals surface area contributed by atoms with Crippen LogP contribution in [0.25, 0.3) is 0 Å². The zero-order valence-corrected chi connectivity index (χ0v) is 4.12. The molecule has 1 amide bonds. The predicted molar refractivity (Wildman–Crippen MR) is 25.8 cm³/mol. The van der Waals surface area contributed by atoms with Crippen molar-refractivity contribution in [2.45, 2.75) is 0 Å². The summed E-state index contributed by atoms with van der Waals surface area (Å²) in [6.07, 6.45) is 0. The van der Waals surface area contributed by atoms with E-state index in [0.29, 0.717) is 0 Å². The molecule has 0 spiro atoms. The van der Waals surface area contributed by atoms with Crippen LogP contribution in [0.3, 0.4) is 0 Å². The van der Waals surface area contributed by atoms with Crippen LogP contribution in [-0.4, -0.2) is 5.37 Å². The molecule has 0 saturated carbocycles. The first kappa shape index (κ1) is 8.92. The summed E-state index contributed by atoms with van der Waals surface area (Å²) in [7, 11) is 0. The third kappa shape index (κ3) is 1510. The Morgan fingerprint density at radius 1 is 1.80 bits per heavy atom. The Bertz CT molecular complexity index is 34.6. The molecule has 0 radical (unpaired) electrons. The summed E-state index contributed by atoms with van der Waals surface area (Å²) in [5.41, 5.74) is 4.24. The van der Waals surface area contributed by atoms with Crippen LogP contribution in [0.4, 0.5) is 4.79 Å². The highest BCUT2D eigenvalue weighted by Gasteiger charge is 1.66. The van der Waals surface area contributed by atoms with Gasteiger partial charge in [0.1, 0.15) is 0 Å². The minimum Gasteiger partial charge on any atom is -0.356 e. The van der Waals surface area contributed by atoms with E-state index in [1.54, 1.807) is 0 Å². The highest BCUT2D eigenvalue weighted by atomic mass is 35.5. The quantitative estimate of drug-likeness (QED) is 0.359. The number of carbonyl (C=O) groups is 1. The minimum absolute atomic E-state index is 0. The van der Waals surface area contributed by atoms with Gasteiger partial charge in [0.15, 0.2) is 0 Å². The van der Waals surface area contributed by atoms with E-state index >= 15 is 0 Å². The molecule has 4 heteroatoms. The van der Waals surface area contributed by atoms with Crippen LogP contribution >= 0.6 is 25.1 Å². The molecule has 0 aliphatic carbocycles. The molecule has 0 atom stereocenters. The summed E-state index contributed by atoms with van der Waals surface area (Å²) < 4.78 is 0. The van der Waals surface area contributed by atoms with E-state index in [1.807, 2.05) is 0 Å². The van der Waals surface area contributed by atoms with Crippen molar-refractivity contribution in [2.24, 2.45) is 5.73 Å². The van der Waals surface area contributed by atoms with Gasteiger partial charge in [0.2, 0.25) is 0 Å². The van der Waals surface area contributed by atoms with Gasteiger partial charge in [-0.15, -0.1) is 0 Å². The second-order valence-electron chi connectivity index (χ2n) is 0.304. The van der Waals surface area contributed by atoms with E-state index in [4.69, 9.17) is 4.79 Å². The summed E-state index contributed by atoms with van der Waals surface area (Å²) in [4.78, 5) is 8.99. The van der Waals surface area contributed by atoms with Gasteiger partial charge in [-0.05, 0) is 11.6 Å². The minimum atomic E-state index is -0.861. The first-order valence-corrected chi connectivity index (χ1v) is 1.06. The summed E-state index contributed by atoms with van der Waals surface area (Å²) >= 11 is 4.41. The van der Waals surface area contributed by atoms with Gasteiger partial charge >= 0.3 is 5.37 Å². The molecule has 0 aromatic rings. The fourth-order valence-electron chi connectivity index (χ4n) is 0. The molecule has 0 saturated heterocycles. The monoisotopic (exact) mass is 113 g/mol. The van der Waals surface area contributed by atoms with E-state index in [2.05, 4.69) is 17.3 Å². The highest BCUT2D eigenvalue weighted by Crippen LogP contribution is 1.62. The topological polar surface area (TPSA) is 43.1 Å². The maximum Gasteiger partial charge on any atom is 0.311 e. The molecule has 0 aliphatic heterocycles. The molecule has 5 heavy (non-hydrogen) atoms. The molecule has 0 bridgehead atoms. The SMILES string of the molecule is NC(=O)Cl.S. The van der Waals surface area contributed by atoms with Gasteiger partial charge in [-0.2, -0.15) is 13.5 Å². The Balaban J connectivity index is 0. The standard InChI is InChI=1S/CH2ClNO.H2S/c2-1(3)4;/h(H2,3,4);1H2. The number of hydrogen-bond donors (Lipinski definition) is 1. The third-order valence-electron chi connectivity index (χ3n) is 0. The van der Waals surface area contributed by atoms with Gasteiger partial charge in [0.25, 0.3) is 0 Å². The fraction of sp³-hybridized carbons (Fsp3) is 0. The lowest BCUT2D eigenvalue weighted by atomic mass is 11.5. The summed E-state index contributed by atoms with van der Waals surface area (Å²) in [6.45, 7) is 0. The summed E-state index contributed by atoms with van der Waals surface area (Å²) in [5, 5.41) is -0.861. The molecule has 0 rings (SSSR count). The van der Waals surface area contributed by atoms with E-state index in [1.165, 1.54) is 0 Å². The number of halogens is 1. The van der Waals surface area contributed by atoms with Crippen molar-refractivity contribution in [1.82, 2.24) is 0 Å². The van der Waals surface area contributed by atoms with Crippen molar-refractivity contribution in [3.8, 4) is 0 Å². The first-order valence-electron chi connectivity index (χ1n) is 0.682. The second-order valence-corrected chi connectivity index (χ2v) is 0.677. The molecule has 32 valence electrons. The van der Waals surface area contributed by atoms with Crippen LogP contribution in [0.2, 0.25) is 0 Å². The third-order valence-corrected chi connectivity index (χ3v) is 0. The molecule has 2 nitrogen and oxygen atoms in total. The second kappa shape index (κ2) is 4.11. The molecule has 0 fully saturated rings. The van der Waals surface area contributed by atoms with Crippen molar-refractivity contribution in [3.05, 3.63) is 0 Å². The molecule has 0 heterocycles. The predicted octanol–water partition coefficient (Wildman–Crippen LogP) is 0.417. The molecular weight excluding hydrogens is 110 g/mol. The molecular formula is CH4ClNOS. The average molecular weight is 114 g/mol. The van der Waals surface area contributed by atoms with Gasteiger partial charge in [-0.1, -0.05) is 0 Å². The first-order chi connectivity index (χ1) is 1.73. The highest BCUT2D eigenvalue weighted by molar-refractivity contribution is 7.59. The Labute approximate surface area is 41.7 Å². The fourth-order valence-corrected chi connectivity index (χ4v) is 0. The maximum absolute atomic E-state index is 8.99. The average Bonchev–Trinajstić information content (AvgIpc) is 0.811. The maximum atomic E-state index is 8.99. The van der Waals surface area contributed by atoms with Gasteiger partial charge in [-0.3, -0.25) is 4.79 Å². The molecule has 0 aromatic carbocycles. The van der Waals surface area contributed by atoms with Crippen LogP contribution < -0.4 is 5.73 Å². The van der Waals surface area contributed by atoms with Crippen molar-refractivity contribution < 1.29 is 4.79 Å². The lowest BCUT2D eigenvalue weighted by Gasteiger charge is -1.56. The molecule has 0 aliphatic rings. The van der Waals surface area contributed by atoms with Gasteiger partial charge < -0.3 is 5.73 Å². The number of hydrogen-bond acceptors (Lipinski definition) is 1. The number of amides is 1. The zero-order valence-electron chi connectivity index (χ0n) is 2.36. The van der Waals surface area contributed by atoms with Crippen LogP contribution in [0.5, 0.6) is 0 Å². The van der Waals surface area contributed by atoms with Gasteiger partial charge in [0.05, 0.1) is 0 Å². The van der Waals surface area contributed by atoms with Gasteiger partial charge in [0, 0.05) is 0 Å². The smallest absolute Gasteiger partial charge is 0.311 e. The lowest BCUT2D eigenvalue weighted by molar-refractivity contribution is 0.266. The molecule has 2 N–H and O–H groups in total. The Morgan fingerprint density at radius 2 is 1.80 bits per heavy atom. The van der Waals surface area contributed by atoms with Crippen LogP contribution in [-0.2, 0) is 0 Å². The number of primary amides is 1. The van der Waals surface area contributed by atoms with Crippen molar-refractivity contribution in [3.63, 3.8) is 0 Å². The number of nitrogens with two attached hydrogens (primary N) is 1. The zero-order chi connectivity index (χ0) is 3.58. The van der Waals surface area contributed by atoms with E-state index in [-0.39, 0.29) is 13.5 Å². The number of carbonyl (C=O) groups excluding carboxylic acids is 1. The Kier molecular flexibility index (Phi) is 7.34. The Hall–Kier alpha value is 0.110. The lowest BCUT2D eigenvalue weighted by Crippen LogP contribution is -1.94. The normalized spacial score (nSPS) is 5.00. The largest absolute Gasteiger partial charge is 0.356 e. The van der Waals surface area contributed by atoms with Gasteiger partial charge in [-0.25, -0.2) is 0 Å². The Morgan fingerprint density at radius 3 is 1.80 bits per heavy atom. The van der Waals surface area contributed by atoms with E-state index in [0.717, 1.165) is 0 Å². The molecule has 0 unspecified atom stereocenters. The molecule has 0 aromatic heterocycles. The summed E-state index contributed by atoms with van der Waals surface area (Å²) in [6, 6.07) is 0. The van der Waals surface area contributed by atoms with E-state index in [9.17, 15) is 0 Å². The van der Waals surface area contributed by atoms with Crippen LogP contribution in [0.1, 0.15) is 0 Å². The number of rotatable bonds is 0.